The van der Waals surface area contributed by atoms with Gasteiger partial charge in [0.15, 0.2) is 0 Å². The molecular weight excluding hydrogens is 216 g/mol. The van der Waals surface area contributed by atoms with E-state index in [2.05, 4.69) is 5.32 Å². The summed E-state index contributed by atoms with van der Waals surface area (Å²) in [6.45, 7) is 1.95. The third-order valence-electron chi connectivity index (χ3n) is 3.31. The maximum absolute atomic E-state index is 10.9. The second-order valence-electron chi connectivity index (χ2n) is 4.76. The Morgan fingerprint density at radius 2 is 2.00 bits per heavy atom. The molecule has 0 bridgehead atoms. The van der Waals surface area contributed by atoms with Crippen LogP contribution in [0.25, 0.3) is 0 Å². The van der Waals surface area contributed by atoms with Gasteiger partial charge in [-0.2, -0.15) is 0 Å². The highest BCUT2D eigenvalue weighted by atomic mass is 16.6. The van der Waals surface area contributed by atoms with Gasteiger partial charge in [-0.05, 0) is 31.4 Å². The van der Waals surface area contributed by atoms with Gasteiger partial charge in [-0.15, -0.1) is 0 Å². The molecular formula is C13H18N2O2. The molecule has 0 amide bonds. The van der Waals surface area contributed by atoms with Gasteiger partial charge in [-0.3, -0.25) is 10.1 Å². The third kappa shape index (κ3) is 2.96. The first-order valence-corrected chi connectivity index (χ1v) is 6.18. The smallest absolute Gasteiger partial charge is 0.292 e. The maximum atomic E-state index is 10.9. The molecule has 0 heterocycles. The molecule has 1 aromatic rings. The molecule has 1 aliphatic rings. The average Bonchev–Trinajstić information content (AvgIpc) is 2.30. The van der Waals surface area contributed by atoms with Crippen LogP contribution in [0.5, 0.6) is 0 Å². The molecule has 2 rings (SSSR count). The molecule has 92 valence electrons. The molecule has 0 unspecified atom stereocenters. The maximum Gasteiger partial charge on any atom is 0.292 e. The number of nitro groups is 1. The lowest BCUT2D eigenvalue weighted by molar-refractivity contribution is -0.384. The van der Waals surface area contributed by atoms with Crippen LogP contribution in [0.2, 0.25) is 0 Å². The zero-order valence-corrected chi connectivity index (χ0v) is 10.1. The van der Waals surface area contributed by atoms with Gasteiger partial charge in [0.2, 0.25) is 0 Å². The second-order valence-corrected chi connectivity index (χ2v) is 4.76. The van der Waals surface area contributed by atoms with Crippen molar-refractivity contribution in [2.45, 2.75) is 45.1 Å². The number of anilines is 1. The van der Waals surface area contributed by atoms with Crippen molar-refractivity contribution < 1.29 is 4.92 Å². The molecule has 4 nitrogen and oxygen atoms in total. The molecule has 1 saturated carbocycles. The fourth-order valence-electron chi connectivity index (χ4n) is 2.39. The lowest BCUT2D eigenvalue weighted by Crippen LogP contribution is -2.22. The van der Waals surface area contributed by atoms with E-state index in [1.165, 1.54) is 19.3 Å². The van der Waals surface area contributed by atoms with Gasteiger partial charge >= 0.3 is 0 Å². The fourth-order valence-corrected chi connectivity index (χ4v) is 2.39. The Morgan fingerprint density at radius 3 is 2.65 bits per heavy atom. The minimum Gasteiger partial charge on any atom is -0.377 e. The summed E-state index contributed by atoms with van der Waals surface area (Å²) >= 11 is 0. The van der Waals surface area contributed by atoms with Crippen molar-refractivity contribution >= 4 is 11.4 Å². The normalized spacial score (nSPS) is 16.8. The summed E-state index contributed by atoms with van der Waals surface area (Å²) in [5, 5.41) is 14.3. The average molecular weight is 234 g/mol. The molecule has 1 aliphatic carbocycles. The van der Waals surface area contributed by atoms with E-state index in [0.29, 0.717) is 11.7 Å². The van der Waals surface area contributed by atoms with Crippen LogP contribution >= 0.6 is 0 Å². The number of nitrogens with one attached hydrogen (secondary N) is 1. The summed E-state index contributed by atoms with van der Waals surface area (Å²) in [6, 6.07) is 5.63. The van der Waals surface area contributed by atoms with E-state index in [-0.39, 0.29) is 10.6 Å². The van der Waals surface area contributed by atoms with Crippen molar-refractivity contribution in [2.75, 3.05) is 5.32 Å². The first-order chi connectivity index (χ1) is 8.16. The number of nitrogens with zero attached hydrogens (tertiary/aromatic N) is 1. The van der Waals surface area contributed by atoms with Crippen LogP contribution in [0.1, 0.15) is 37.7 Å². The summed E-state index contributed by atoms with van der Waals surface area (Å²) in [5.41, 5.74) is 1.90. The quantitative estimate of drug-likeness (QED) is 0.641. The van der Waals surface area contributed by atoms with Crippen LogP contribution in [0.15, 0.2) is 18.2 Å². The Kier molecular flexibility index (Phi) is 3.61. The van der Waals surface area contributed by atoms with E-state index >= 15 is 0 Å². The van der Waals surface area contributed by atoms with E-state index < -0.39 is 0 Å². The number of nitro benzene ring substituents is 1. The van der Waals surface area contributed by atoms with E-state index in [0.717, 1.165) is 18.4 Å². The molecule has 0 radical (unpaired) electrons. The third-order valence-corrected chi connectivity index (χ3v) is 3.31. The lowest BCUT2D eigenvalue weighted by Gasteiger charge is -2.23. The number of rotatable bonds is 3. The molecule has 0 aliphatic heterocycles. The summed E-state index contributed by atoms with van der Waals surface area (Å²) in [7, 11) is 0. The lowest BCUT2D eigenvalue weighted by atomic mass is 9.95. The highest BCUT2D eigenvalue weighted by Gasteiger charge is 2.18. The minimum atomic E-state index is -0.315. The van der Waals surface area contributed by atoms with Gasteiger partial charge in [-0.1, -0.05) is 25.3 Å². The molecule has 1 N–H and O–H groups in total. The molecule has 0 atom stereocenters. The van der Waals surface area contributed by atoms with Gasteiger partial charge in [0.25, 0.3) is 5.69 Å². The first kappa shape index (κ1) is 11.9. The Hall–Kier alpha value is -1.58. The Bertz CT molecular complexity index is 412. The second kappa shape index (κ2) is 5.17. The molecule has 1 fully saturated rings. The number of hydrogen-bond donors (Lipinski definition) is 1. The van der Waals surface area contributed by atoms with Crippen molar-refractivity contribution in [3.8, 4) is 0 Å². The SMILES string of the molecule is Cc1ccc([N+](=O)[O-])c(NC2CCCCC2)c1. The number of hydrogen-bond acceptors (Lipinski definition) is 3. The summed E-state index contributed by atoms with van der Waals surface area (Å²) in [5.74, 6) is 0. The molecule has 17 heavy (non-hydrogen) atoms. The molecule has 0 aromatic heterocycles. The fraction of sp³-hybridized carbons (Fsp3) is 0.538. The van der Waals surface area contributed by atoms with Crippen LogP contribution in [0.4, 0.5) is 11.4 Å². The van der Waals surface area contributed by atoms with E-state index in [4.69, 9.17) is 0 Å². The van der Waals surface area contributed by atoms with E-state index in [1.54, 1.807) is 12.1 Å². The standard InChI is InChI=1S/C13H18N2O2/c1-10-7-8-13(15(16)17)12(9-10)14-11-5-3-2-4-6-11/h7-9,11,14H,2-6H2,1H3. The molecule has 1 aromatic carbocycles. The summed E-state index contributed by atoms with van der Waals surface area (Å²) < 4.78 is 0. The van der Waals surface area contributed by atoms with Crippen LogP contribution in [0, 0.1) is 17.0 Å². The highest BCUT2D eigenvalue weighted by Crippen LogP contribution is 2.29. The summed E-state index contributed by atoms with van der Waals surface area (Å²) in [6.07, 6.45) is 5.96. The number of benzene rings is 1. The molecule has 4 heteroatoms. The van der Waals surface area contributed by atoms with Gasteiger partial charge in [0, 0.05) is 12.1 Å². The van der Waals surface area contributed by atoms with Gasteiger partial charge in [0.05, 0.1) is 4.92 Å². The van der Waals surface area contributed by atoms with Crippen molar-refractivity contribution in [1.82, 2.24) is 0 Å². The van der Waals surface area contributed by atoms with Crippen molar-refractivity contribution in [3.63, 3.8) is 0 Å². The van der Waals surface area contributed by atoms with Gasteiger partial charge in [0.1, 0.15) is 5.69 Å². The monoisotopic (exact) mass is 234 g/mol. The Morgan fingerprint density at radius 1 is 1.29 bits per heavy atom. The molecule has 0 spiro atoms. The summed E-state index contributed by atoms with van der Waals surface area (Å²) in [4.78, 5) is 10.6. The largest absolute Gasteiger partial charge is 0.377 e. The topological polar surface area (TPSA) is 55.2 Å². The van der Waals surface area contributed by atoms with E-state index in [9.17, 15) is 10.1 Å². The van der Waals surface area contributed by atoms with Crippen molar-refractivity contribution in [1.29, 1.82) is 0 Å². The van der Waals surface area contributed by atoms with Crippen LogP contribution in [-0.4, -0.2) is 11.0 Å². The molecule has 0 saturated heterocycles. The zero-order valence-electron chi connectivity index (χ0n) is 10.1. The van der Waals surface area contributed by atoms with Crippen LogP contribution in [0.3, 0.4) is 0 Å². The Balaban J connectivity index is 2.17. The van der Waals surface area contributed by atoms with Crippen LogP contribution in [-0.2, 0) is 0 Å². The number of aryl methyl sites for hydroxylation is 1. The van der Waals surface area contributed by atoms with E-state index in [1.807, 2.05) is 13.0 Å². The predicted molar refractivity (Wildman–Crippen MR) is 68.3 cm³/mol. The highest BCUT2D eigenvalue weighted by molar-refractivity contribution is 5.63. The van der Waals surface area contributed by atoms with Crippen molar-refractivity contribution in [3.05, 3.63) is 33.9 Å². The predicted octanol–water partition coefficient (Wildman–Crippen LogP) is 3.65. The first-order valence-electron chi connectivity index (χ1n) is 6.18. The van der Waals surface area contributed by atoms with Crippen molar-refractivity contribution in [2.24, 2.45) is 0 Å². The van der Waals surface area contributed by atoms with Gasteiger partial charge < -0.3 is 5.32 Å². The zero-order chi connectivity index (χ0) is 12.3. The van der Waals surface area contributed by atoms with Gasteiger partial charge in [-0.25, -0.2) is 0 Å². The minimum absolute atomic E-state index is 0.182. The van der Waals surface area contributed by atoms with Crippen LogP contribution < -0.4 is 5.32 Å². The Labute approximate surface area is 101 Å².